The van der Waals surface area contributed by atoms with E-state index in [0.717, 1.165) is 61.7 Å². The lowest BCUT2D eigenvalue weighted by molar-refractivity contribution is -0.149. The molecule has 6 unspecified atom stereocenters. The number of carbonyl (C=O) groups is 5. The van der Waals surface area contributed by atoms with Crippen LogP contribution in [0.4, 0.5) is 0 Å². The van der Waals surface area contributed by atoms with Gasteiger partial charge in [-0.1, -0.05) is 79.0 Å². The number of aliphatic carboxylic acids is 1. The fourth-order valence-corrected chi connectivity index (χ4v) is 8.94. The smallest absolute Gasteiger partial charge is 0.306 e. The van der Waals surface area contributed by atoms with Crippen LogP contribution in [0.1, 0.15) is 127 Å². The standard InChI is InChI=1S/C44H66N6O7S/c1-10-12-20-50-21-16-15-19-36(50)41(53)47-39(28(5)11-2)43(54)49(9)37(27(3)4)24-38(57-30(7)51)42-46-34(26-58-42)40(52)45-32(22-29(6)44(55)56)23-31-25-48(8)35-18-14-13-17-33(31)35/h13-14,17-18,25-29,32,36-39H,10-12,15-16,19-24H2,1-9H3,(H,45,52)(H,47,53)(H,55,56)/t28?,29?,32?,36-,37?,38?,39?/m1/s1. The summed E-state index contributed by atoms with van der Waals surface area (Å²) in [5.74, 6) is -3.12. The fourth-order valence-electron chi connectivity index (χ4n) is 8.10. The number of thiazole rings is 1. The summed E-state index contributed by atoms with van der Waals surface area (Å²) in [7, 11) is 3.69. The van der Waals surface area contributed by atoms with Gasteiger partial charge in [-0.3, -0.25) is 28.9 Å². The third-order valence-corrected chi connectivity index (χ3v) is 12.7. The maximum absolute atomic E-state index is 14.4. The molecule has 1 aliphatic rings. The summed E-state index contributed by atoms with van der Waals surface area (Å²) in [6, 6.07) is 6.05. The van der Waals surface area contributed by atoms with Crippen molar-refractivity contribution >= 4 is 51.9 Å². The number of carbonyl (C=O) groups excluding carboxylic acids is 4. The molecule has 4 rings (SSSR count). The van der Waals surface area contributed by atoms with E-state index < -0.39 is 48.0 Å². The van der Waals surface area contributed by atoms with Crippen LogP contribution < -0.4 is 10.6 Å². The van der Waals surface area contributed by atoms with Crippen LogP contribution in [0.2, 0.25) is 0 Å². The van der Waals surface area contributed by atoms with Gasteiger partial charge >= 0.3 is 11.9 Å². The predicted molar refractivity (Wildman–Crippen MR) is 227 cm³/mol. The minimum atomic E-state index is -0.948. The number of aromatic nitrogens is 2. The average molecular weight is 823 g/mol. The molecule has 13 nitrogen and oxygen atoms in total. The maximum atomic E-state index is 14.4. The number of carboxylic acids is 1. The molecule has 58 heavy (non-hydrogen) atoms. The predicted octanol–water partition coefficient (Wildman–Crippen LogP) is 6.75. The number of carboxylic acid groups (broad SMARTS) is 1. The molecule has 0 radical (unpaired) electrons. The van der Waals surface area contributed by atoms with Crippen molar-refractivity contribution in [1.29, 1.82) is 0 Å². The summed E-state index contributed by atoms with van der Waals surface area (Å²) >= 11 is 1.19. The van der Waals surface area contributed by atoms with Crippen LogP contribution in [0, 0.1) is 17.8 Å². The first-order chi connectivity index (χ1) is 27.6. The number of likely N-dealkylation sites (tertiary alicyclic amines) is 1. The Kier molecular flexibility index (Phi) is 17.3. The average Bonchev–Trinajstić information content (AvgIpc) is 3.81. The molecule has 7 atom stereocenters. The normalized spacial score (nSPS) is 17.9. The van der Waals surface area contributed by atoms with E-state index in [2.05, 4.69) is 27.4 Å². The number of hydrogen-bond donors (Lipinski definition) is 3. The van der Waals surface area contributed by atoms with Gasteiger partial charge in [0.25, 0.3) is 5.91 Å². The molecule has 14 heteroatoms. The number of ether oxygens (including phenoxy) is 1. The van der Waals surface area contributed by atoms with Crippen LogP contribution in [0.5, 0.6) is 0 Å². The summed E-state index contributed by atoms with van der Waals surface area (Å²) in [4.78, 5) is 75.0. The summed E-state index contributed by atoms with van der Waals surface area (Å²) in [6.45, 7) is 14.8. The zero-order valence-corrected chi connectivity index (χ0v) is 36.8. The van der Waals surface area contributed by atoms with E-state index in [-0.39, 0.29) is 48.2 Å². The van der Waals surface area contributed by atoms with Crippen molar-refractivity contribution < 1.29 is 33.8 Å². The number of nitrogens with zero attached hydrogens (tertiary/aromatic N) is 4. The molecular weight excluding hydrogens is 757 g/mol. The Hall–Kier alpha value is -4.30. The molecule has 0 saturated carbocycles. The number of esters is 1. The fraction of sp³-hybridized carbons (Fsp3) is 0.636. The van der Waals surface area contributed by atoms with Crippen LogP contribution in [-0.4, -0.2) is 98.4 Å². The quantitative estimate of drug-likeness (QED) is 0.0987. The van der Waals surface area contributed by atoms with Gasteiger partial charge in [0.15, 0.2) is 6.10 Å². The van der Waals surface area contributed by atoms with Crippen molar-refractivity contribution in [3.05, 3.63) is 52.1 Å². The molecule has 3 amide bonds. The highest BCUT2D eigenvalue weighted by Crippen LogP contribution is 2.31. The summed E-state index contributed by atoms with van der Waals surface area (Å²) < 4.78 is 7.85. The minimum Gasteiger partial charge on any atom is -0.481 e. The van der Waals surface area contributed by atoms with Gasteiger partial charge in [-0.25, -0.2) is 4.98 Å². The third-order valence-electron chi connectivity index (χ3n) is 11.7. The van der Waals surface area contributed by atoms with E-state index in [1.807, 2.05) is 69.8 Å². The van der Waals surface area contributed by atoms with Crippen molar-refractivity contribution in [2.45, 2.75) is 137 Å². The van der Waals surface area contributed by atoms with Crippen molar-refractivity contribution in [2.24, 2.45) is 24.8 Å². The summed E-state index contributed by atoms with van der Waals surface area (Å²) in [6.07, 6.45) is 7.58. The Labute approximate surface area is 348 Å². The molecule has 320 valence electrons. The second-order valence-corrected chi connectivity index (χ2v) is 17.5. The van der Waals surface area contributed by atoms with Gasteiger partial charge in [0.1, 0.15) is 16.7 Å². The van der Waals surface area contributed by atoms with Gasteiger partial charge < -0.3 is 29.9 Å². The largest absolute Gasteiger partial charge is 0.481 e. The number of likely N-dealkylation sites (N-methyl/N-ethyl adjacent to an activating group) is 1. The number of para-hydroxylation sites is 1. The highest BCUT2D eigenvalue weighted by atomic mass is 32.1. The molecule has 0 spiro atoms. The Morgan fingerprint density at radius 3 is 2.43 bits per heavy atom. The second kappa shape index (κ2) is 21.6. The highest BCUT2D eigenvalue weighted by Gasteiger charge is 2.38. The van der Waals surface area contributed by atoms with Crippen LogP contribution in [0.3, 0.4) is 0 Å². The van der Waals surface area contributed by atoms with E-state index >= 15 is 0 Å². The van der Waals surface area contributed by atoms with Crippen molar-refractivity contribution in [3.63, 3.8) is 0 Å². The zero-order valence-electron chi connectivity index (χ0n) is 36.0. The molecule has 1 aliphatic heterocycles. The molecule has 0 aliphatic carbocycles. The number of piperidine rings is 1. The van der Waals surface area contributed by atoms with Crippen LogP contribution in [0.15, 0.2) is 35.8 Å². The number of fused-ring (bicyclic) bond motifs is 1. The zero-order chi connectivity index (χ0) is 42.7. The lowest BCUT2D eigenvalue weighted by Crippen LogP contribution is -2.58. The van der Waals surface area contributed by atoms with Crippen molar-refractivity contribution in [1.82, 2.24) is 30.0 Å². The molecule has 3 N–H and O–H groups in total. The molecule has 1 saturated heterocycles. The van der Waals surface area contributed by atoms with Crippen LogP contribution in [0.25, 0.3) is 10.9 Å². The lowest BCUT2D eigenvalue weighted by atomic mass is 9.92. The first kappa shape index (κ1) is 46.4. The highest BCUT2D eigenvalue weighted by molar-refractivity contribution is 7.09. The molecular formula is C44H66N6O7S. The summed E-state index contributed by atoms with van der Waals surface area (Å²) in [5, 5.41) is 19.0. The SMILES string of the molecule is CCCCN1CCCC[C@@H]1C(=O)NC(C(=O)N(C)C(CC(OC(C)=O)c1nc(C(=O)NC(Cc2cn(C)c3ccccc23)CC(C)C(=O)O)cs1)C(C)C)C(C)CC. The third kappa shape index (κ3) is 12.1. The topological polar surface area (TPSA) is 163 Å². The number of amides is 3. The van der Waals surface area contributed by atoms with Crippen LogP contribution in [-0.2, 0) is 37.4 Å². The monoisotopic (exact) mass is 822 g/mol. The maximum Gasteiger partial charge on any atom is 0.306 e. The van der Waals surface area contributed by atoms with E-state index in [1.165, 1.54) is 18.3 Å². The number of hydrogen-bond acceptors (Lipinski definition) is 9. The number of benzene rings is 1. The van der Waals surface area contributed by atoms with Gasteiger partial charge in [-0.15, -0.1) is 11.3 Å². The Balaban J connectivity index is 1.53. The first-order valence-corrected chi connectivity index (χ1v) is 21.9. The molecule has 1 aromatic carbocycles. The molecule has 3 aromatic rings. The van der Waals surface area contributed by atoms with Gasteiger partial charge in [-0.05, 0) is 68.7 Å². The Morgan fingerprint density at radius 2 is 1.78 bits per heavy atom. The van der Waals surface area contributed by atoms with E-state index in [0.29, 0.717) is 17.8 Å². The number of unbranched alkanes of at least 4 members (excludes halogenated alkanes) is 1. The Bertz CT molecular complexity index is 1860. The van der Waals surface area contributed by atoms with Gasteiger partial charge in [0.05, 0.1) is 12.0 Å². The van der Waals surface area contributed by atoms with E-state index in [1.54, 1.807) is 24.3 Å². The van der Waals surface area contributed by atoms with Gasteiger partial charge in [0.2, 0.25) is 11.8 Å². The van der Waals surface area contributed by atoms with E-state index in [9.17, 15) is 29.1 Å². The van der Waals surface area contributed by atoms with Crippen molar-refractivity contribution in [2.75, 3.05) is 20.1 Å². The second-order valence-electron chi connectivity index (χ2n) is 16.6. The van der Waals surface area contributed by atoms with Crippen molar-refractivity contribution in [3.8, 4) is 0 Å². The van der Waals surface area contributed by atoms with Gasteiger partial charge in [0, 0.05) is 62.0 Å². The minimum absolute atomic E-state index is 0.0584. The molecule has 0 bridgehead atoms. The molecule has 2 aromatic heterocycles. The lowest BCUT2D eigenvalue weighted by Gasteiger charge is -2.39. The van der Waals surface area contributed by atoms with Crippen LogP contribution >= 0.6 is 11.3 Å². The number of aryl methyl sites for hydroxylation is 1. The van der Waals surface area contributed by atoms with E-state index in [4.69, 9.17) is 4.74 Å². The summed E-state index contributed by atoms with van der Waals surface area (Å²) in [5.41, 5.74) is 2.16. The number of nitrogens with one attached hydrogen (secondary N) is 2. The molecule has 3 heterocycles. The first-order valence-electron chi connectivity index (χ1n) is 21.1. The van der Waals surface area contributed by atoms with Gasteiger partial charge in [-0.2, -0.15) is 0 Å². The molecule has 1 fully saturated rings. The Morgan fingerprint density at radius 1 is 1.05 bits per heavy atom. The number of rotatable bonds is 21.